The number of nitrogens with one attached hydrogen (secondary N) is 2. The number of hydrogen-bond acceptors (Lipinski definition) is 2. The van der Waals surface area contributed by atoms with Crippen molar-refractivity contribution in [3.8, 4) is 0 Å². The van der Waals surface area contributed by atoms with Crippen LogP contribution in [0.5, 0.6) is 0 Å². The lowest BCUT2D eigenvalue weighted by atomic mass is 10.0. The molecule has 4 heteroatoms. The molecular weight excluding hydrogens is 312 g/mol. The molecule has 2 amide bonds. The molecule has 0 aromatic heterocycles. The van der Waals surface area contributed by atoms with Gasteiger partial charge in [-0.25, -0.2) is 0 Å². The Kier molecular flexibility index (Phi) is 6.34. The van der Waals surface area contributed by atoms with Crippen LogP contribution in [0.1, 0.15) is 34.2 Å². The zero-order valence-corrected chi connectivity index (χ0v) is 15.4. The second-order valence-electron chi connectivity index (χ2n) is 6.52. The molecule has 2 aromatic rings. The van der Waals surface area contributed by atoms with E-state index in [0.717, 1.165) is 16.8 Å². The molecule has 0 bridgehead atoms. The topological polar surface area (TPSA) is 58.2 Å². The number of carbonyl (C=O) groups is 2. The Labute approximate surface area is 149 Å². The van der Waals surface area contributed by atoms with Gasteiger partial charge in [0.15, 0.2) is 0 Å². The molecule has 0 aliphatic rings. The second kappa shape index (κ2) is 8.47. The first kappa shape index (κ1) is 18.7. The van der Waals surface area contributed by atoms with Gasteiger partial charge < -0.3 is 10.6 Å². The van der Waals surface area contributed by atoms with Crippen LogP contribution in [0.4, 0.5) is 5.69 Å². The number of carbonyl (C=O) groups excluding carboxylic acids is 2. The van der Waals surface area contributed by atoms with Gasteiger partial charge in [0.2, 0.25) is 11.8 Å². The number of benzene rings is 2. The maximum absolute atomic E-state index is 12.1. The summed E-state index contributed by atoms with van der Waals surface area (Å²) in [5.41, 5.74) is 6.41. The van der Waals surface area contributed by atoms with Gasteiger partial charge in [0, 0.05) is 12.1 Å². The summed E-state index contributed by atoms with van der Waals surface area (Å²) in [5, 5.41) is 5.56. The van der Waals surface area contributed by atoms with Crippen LogP contribution in [0.15, 0.2) is 36.4 Å². The lowest BCUT2D eigenvalue weighted by Gasteiger charge is -2.12. The summed E-state index contributed by atoms with van der Waals surface area (Å²) in [6.07, 6.45) is 1.05. The van der Waals surface area contributed by atoms with E-state index in [1.54, 1.807) is 0 Å². The van der Waals surface area contributed by atoms with Crippen LogP contribution in [-0.4, -0.2) is 18.4 Å². The number of para-hydroxylation sites is 1. The molecule has 132 valence electrons. The van der Waals surface area contributed by atoms with Gasteiger partial charge in [-0.2, -0.15) is 0 Å². The van der Waals surface area contributed by atoms with Gasteiger partial charge in [0.1, 0.15) is 0 Å². The third kappa shape index (κ3) is 5.45. The highest BCUT2D eigenvalue weighted by atomic mass is 16.2. The zero-order valence-electron chi connectivity index (χ0n) is 15.4. The van der Waals surface area contributed by atoms with Crippen molar-refractivity contribution in [2.45, 2.75) is 40.5 Å². The Morgan fingerprint density at radius 1 is 0.880 bits per heavy atom. The molecule has 0 saturated heterocycles. The fourth-order valence-electron chi connectivity index (χ4n) is 2.84. The molecule has 0 aliphatic heterocycles. The van der Waals surface area contributed by atoms with Crippen LogP contribution in [0.25, 0.3) is 0 Å². The molecule has 0 unspecified atom stereocenters. The second-order valence-corrected chi connectivity index (χ2v) is 6.52. The van der Waals surface area contributed by atoms with Gasteiger partial charge in [-0.05, 0) is 56.4 Å². The summed E-state index contributed by atoms with van der Waals surface area (Å²) in [7, 11) is 0. The Balaban J connectivity index is 1.80. The quantitative estimate of drug-likeness (QED) is 0.845. The normalized spacial score (nSPS) is 10.4. The van der Waals surface area contributed by atoms with Crippen molar-refractivity contribution >= 4 is 17.5 Å². The summed E-state index contributed by atoms with van der Waals surface area (Å²) < 4.78 is 0. The molecule has 0 heterocycles. The van der Waals surface area contributed by atoms with Crippen LogP contribution in [-0.2, 0) is 16.0 Å². The highest BCUT2D eigenvalue weighted by Gasteiger charge is 2.09. The van der Waals surface area contributed by atoms with Crippen LogP contribution < -0.4 is 10.6 Å². The van der Waals surface area contributed by atoms with Crippen LogP contribution in [0, 0.1) is 27.7 Å². The lowest BCUT2D eigenvalue weighted by Crippen LogP contribution is -2.33. The summed E-state index contributed by atoms with van der Waals surface area (Å²) in [5.74, 6) is -0.325. The van der Waals surface area contributed by atoms with Crippen molar-refractivity contribution in [1.82, 2.24) is 5.32 Å². The number of aryl methyl sites for hydroxylation is 5. The fourth-order valence-corrected chi connectivity index (χ4v) is 2.84. The van der Waals surface area contributed by atoms with Crippen molar-refractivity contribution in [1.29, 1.82) is 0 Å². The van der Waals surface area contributed by atoms with E-state index in [-0.39, 0.29) is 18.4 Å². The first-order valence-corrected chi connectivity index (χ1v) is 8.55. The van der Waals surface area contributed by atoms with E-state index in [1.807, 2.05) is 32.0 Å². The molecule has 2 N–H and O–H groups in total. The monoisotopic (exact) mass is 338 g/mol. The van der Waals surface area contributed by atoms with Crippen molar-refractivity contribution in [2.24, 2.45) is 0 Å². The minimum Gasteiger partial charge on any atom is -0.347 e. The highest BCUT2D eigenvalue weighted by molar-refractivity contribution is 5.95. The van der Waals surface area contributed by atoms with Gasteiger partial charge in [0.05, 0.1) is 6.54 Å². The summed E-state index contributed by atoms with van der Waals surface area (Å²) >= 11 is 0. The SMILES string of the molecule is Cc1ccc(CCC(=O)NCC(=O)Nc2c(C)cccc2C)c(C)c1. The van der Waals surface area contributed by atoms with Gasteiger partial charge in [0.25, 0.3) is 0 Å². The maximum Gasteiger partial charge on any atom is 0.243 e. The Morgan fingerprint density at radius 2 is 1.56 bits per heavy atom. The molecular formula is C21H26N2O2. The largest absolute Gasteiger partial charge is 0.347 e. The van der Waals surface area contributed by atoms with E-state index >= 15 is 0 Å². The molecule has 0 radical (unpaired) electrons. The van der Waals surface area contributed by atoms with Crippen LogP contribution >= 0.6 is 0 Å². The third-order valence-corrected chi connectivity index (χ3v) is 4.31. The summed E-state index contributed by atoms with van der Waals surface area (Å²) in [6, 6.07) is 12.1. The van der Waals surface area contributed by atoms with Gasteiger partial charge in [-0.15, -0.1) is 0 Å². The summed E-state index contributed by atoms with van der Waals surface area (Å²) in [4.78, 5) is 24.1. The number of amides is 2. The molecule has 0 aliphatic carbocycles. The molecule has 2 aromatic carbocycles. The lowest BCUT2D eigenvalue weighted by molar-refractivity contribution is -0.124. The third-order valence-electron chi connectivity index (χ3n) is 4.31. The standard InChI is InChI=1S/C21H26N2O2/c1-14-8-9-18(17(4)12-14)10-11-19(24)22-13-20(25)23-21-15(2)6-5-7-16(21)3/h5-9,12H,10-11,13H2,1-4H3,(H,22,24)(H,23,25). The molecule has 4 nitrogen and oxygen atoms in total. The van der Waals surface area contributed by atoms with Crippen molar-refractivity contribution in [3.05, 3.63) is 64.2 Å². The minimum atomic E-state index is -0.211. The molecule has 0 spiro atoms. The van der Waals surface area contributed by atoms with Gasteiger partial charge in [-0.1, -0.05) is 42.0 Å². The Hall–Kier alpha value is -2.62. The molecule has 25 heavy (non-hydrogen) atoms. The van der Waals surface area contributed by atoms with Crippen LogP contribution in [0.3, 0.4) is 0 Å². The van der Waals surface area contributed by atoms with E-state index in [9.17, 15) is 9.59 Å². The van der Waals surface area contributed by atoms with Crippen molar-refractivity contribution < 1.29 is 9.59 Å². The predicted octanol–water partition coefficient (Wildman–Crippen LogP) is 3.61. The molecule has 0 saturated carbocycles. The first-order valence-electron chi connectivity index (χ1n) is 8.55. The summed E-state index contributed by atoms with van der Waals surface area (Å²) in [6.45, 7) is 7.99. The number of anilines is 1. The van der Waals surface area contributed by atoms with Crippen molar-refractivity contribution in [2.75, 3.05) is 11.9 Å². The van der Waals surface area contributed by atoms with Crippen molar-refractivity contribution in [3.63, 3.8) is 0 Å². The zero-order chi connectivity index (χ0) is 18.4. The fraction of sp³-hybridized carbons (Fsp3) is 0.333. The predicted molar refractivity (Wildman–Crippen MR) is 102 cm³/mol. The van der Waals surface area contributed by atoms with E-state index in [1.165, 1.54) is 16.7 Å². The highest BCUT2D eigenvalue weighted by Crippen LogP contribution is 2.19. The average Bonchev–Trinajstić information content (AvgIpc) is 2.55. The van der Waals surface area contributed by atoms with E-state index in [4.69, 9.17) is 0 Å². The molecule has 0 atom stereocenters. The van der Waals surface area contributed by atoms with E-state index in [2.05, 4.69) is 42.7 Å². The smallest absolute Gasteiger partial charge is 0.243 e. The molecule has 0 fully saturated rings. The van der Waals surface area contributed by atoms with Gasteiger partial charge in [-0.3, -0.25) is 9.59 Å². The maximum atomic E-state index is 12.1. The number of hydrogen-bond donors (Lipinski definition) is 2. The van der Waals surface area contributed by atoms with E-state index in [0.29, 0.717) is 12.8 Å². The van der Waals surface area contributed by atoms with Gasteiger partial charge >= 0.3 is 0 Å². The number of rotatable bonds is 6. The Morgan fingerprint density at radius 3 is 2.20 bits per heavy atom. The molecule has 2 rings (SSSR count). The first-order chi connectivity index (χ1) is 11.9. The minimum absolute atomic E-state index is 0.0144. The van der Waals surface area contributed by atoms with E-state index < -0.39 is 0 Å². The average molecular weight is 338 g/mol. The Bertz CT molecular complexity index is 761. The van der Waals surface area contributed by atoms with Crippen LogP contribution in [0.2, 0.25) is 0 Å².